The summed E-state index contributed by atoms with van der Waals surface area (Å²) in [4.78, 5) is 37.6. The molecule has 77 heavy (non-hydrogen) atoms. The molecule has 0 bridgehead atoms. The number of carbonyl (C=O) groups is 3. The van der Waals surface area contributed by atoms with Crippen molar-refractivity contribution in [3.8, 4) is 0 Å². The summed E-state index contributed by atoms with van der Waals surface area (Å²) in [5.74, 6) is -1.98. The highest BCUT2D eigenvalue weighted by atomic mass is 16.7. The molecule has 0 aromatic heterocycles. The van der Waals surface area contributed by atoms with Crippen molar-refractivity contribution >= 4 is 17.9 Å². The van der Waals surface area contributed by atoms with E-state index in [-0.39, 0.29) is 38.2 Å². The molecule has 0 amide bonds. The van der Waals surface area contributed by atoms with Gasteiger partial charge in [0.15, 0.2) is 6.10 Å². The van der Waals surface area contributed by atoms with Crippen LogP contribution in [0.15, 0.2) is 48.6 Å². The van der Waals surface area contributed by atoms with Gasteiger partial charge in [0.05, 0.1) is 34.4 Å². The molecule has 0 aromatic rings. The van der Waals surface area contributed by atoms with Crippen LogP contribution in [0.4, 0.5) is 0 Å². The second-order valence-electron chi connectivity index (χ2n) is 23.4. The van der Waals surface area contributed by atoms with E-state index in [4.69, 9.17) is 18.9 Å². The lowest BCUT2D eigenvalue weighted by molar-refractivity contribution is -0.870. The molecule has 0 rings (SSSR count). The lowest BCUT2D eigenvalue weighted by atomic mass is 10.0. The standard InChI is InChI=1S/C68H125NO8/c1-6-8-10-12-14-16-18-20-22-24-26-28-30-31-32-33-34-35-37-39-41-43-45-47-49-51-53-55-57-59-66(71)77-64(63-76-68(67(72)73)74-61-60-69(3,4)5)62-75-65(70)58-56-54-52-50-48-46-44-42-40-38-36-29-27-25-23-21-19-17-15-13-11-9-7-2/h8,10,14,16,20,22,26,28,64,68H,6-7,9,11-13,15,17-19,21,23-25,27,29-63H2,1-5H3/p+1/b10-8-,16-14-,22-20-,28-26-. The van der Waals surface area contributed by atoms with E-state index in [0.717, 1.165) is 64.2 Å². The van der Waals surface area contributed by atoms with Gasteiger partial charge in [-0.1, -0.05) is 294 Å². The van der Waals surface area contributed by atoms with Crippen molar-refractivity contribution in [2.45, 2.75) is 322 Å². The molecule has 0 aliphatic rings. The summed E-state index contributed by atoms with van der Waals surface area (Å²) >= 11 is 0. The van der Waals surface area contributed by atoms with Crippen molar-refractivity contribution in [2.75, 3.05) is 47.5 Å². The number of carbonyl (C=O) groups excluding carboxylic acids is 2. The summed E-state index contributed by atoms with van der Waals surface area (Å²) in [6.45, 7) is 4.82. The molecule has 0 saturated heterocycles. The summed E-state index contributed by atoms with van der Waals surface area (Å²) in [6.07, 6.45) is 72.1. The third kappa shape index (κ3) is 60.7. The molecule has 9 heteroatoms. The number of ether oxygens (including phenoxy) is 4. The molecule has 0 aromatic carbocycles. The Morgan fingerprint density at radius 2 is 0.740 bits per heavy atom. The number of carboxylic acid groups (broad SMARTS) is 1. The molecular formula is C68H126NO8+. The number of allylic oxidation sites excluding steroid dienone is 8. The molecule has 450 valence electrons. The molecule has 9 nitrogen and oxygen atoms in total. The molecular weight excluding hydrogens is 959 g/mol. The fourth-order valence-electron chi connectivity index (χ4n) is 9.60. The number of hydrogen-bond acceptors (Lipinski definition) is 7. The Bertz CT molecular complexity index is 1400. The van der Waals surface area contributed by atoms with Crippen LogP contribution in [0, 0.1) is 0 Å². The number of esters is 2. The Labute approximate surface area is 476 Å². The largest absolute Gasteiger partial charge is 0.477 e. The number of quaternary nitrogens is 1. The summed E-state index contributed by atoms with van der Waals surface area (Å²) < 4.78 is 23.0. The van der Waals surface area contributed by atoms with E-state index in [0.29, 0.717) is 17.4 Å². The summed E-state index contributed by atoms with van der Waals surface area (Å²) in [5, 5.41) is 9.73. The van der Waals surface area contributed by atoms with Crippen molar-refractivity contribution in [3.05, 3.63) is 48.6 Å². The number of likely N-dealkylation sites (N-methyl/N-ethyl adjacent to an activating group) is 1. The average Bonchev–Trinajstić information content (AvgIpc) is 3.40. The van der Waals surface area contributed by atoms with E-state index in [1.165, 1.54) is 218 Å². The first-order valence-corrected chi connectivity index (χ1v) is 32.8. The SMILES string of the molecule is CC/C=C\C/C=C\C/C=C\C/C=C\CCCCCCCCCCCCCCCCCCC(=O)OC(COC(=O)CCCCCCCCCCCCCCCCCCCCCCCCC)COC(OCC[N+](C)(C)C)C(=O)O. The van der Waals surface area contributed by atoms with Crippen molar-refractivity contribution in [1.82, 2.24) is 0 Å². The van der Waals surface area contributed by atoms with Gasteiger partial charge in [-0.3, -0.25) is 9.59 Å². The molecule has 0 fully saturated rings. The van der Waals surface area contributed by atoms with Crippen molar-refractivity contribution < 1.29 is 42.9 Å². The maximum atomic E-state index is 12.9. The monoisotopic (exact) mass is 1080 g/mol. The summed E-state index contributed by atoms with van der Waals surface area (Å²) in [5.41, 5.74) is 0. The average molecular weight is 1090 g/mol. The van der Waals surface area contributed by atoms with Gasteiger partial charge in [-0.2, -0.15) is 0 Å². The third-order valence-corrected chi connectivity index (χ3v) is 14.6. The maximum absolute atomic E-state index is 12.9. The quantitative estimate of drug-likeness (QED) is 0.0211. The van der Waals surface area contributed by atoms with Crippen molar-refractivity contribution in [2.24, 2.45) is 0 Å². The third-order valence-electron chi connectivity index (χ3n) is 14.6. The first kappa shape index (κ1) is 74.2. The molecule has 0 aliphatic carbocycles. The van der Waals surface area contributed by atoms with Crippen LogP contribution in [0.3, 0.4) is 0 Å². The van der Waals surface area contributed by atoms with Crippen molar-refractivity contribution in [3.63, 3.8) is 0 Å². The van der Waals surface area contributed by atoms with E-state index >= 15 is 0 Å². The highest BCUT2D eigenvalue weighted by Crippen LogP contribution is 2.18. The molecule has 2 unspecified atom stereocenters. The summed E-state index contributed by atoms with van der Waals surface area (Å²) in [6, 6.07) is 0. The maximum Gasteiger partial charge on any atom is 0.361 e. The predicted octanol–water partition coefficient (Wildman–Crippen LogP) is 19.8. The summed E-state index contributed by atoms with van der Waals surface area (Å²) in [7, 11) is 5.98. The Hall–Kier alpha value is -2.75. The lowest BCUT2D eigenvalue weighted by Crippen LogP contribution is -2.40. The molecule has 0 aliphatic heterocycles. The van der Waals surface area contributed by atoms with Crippen LogP contribution in [0.25, 0.3) is 0 Å². The van der Waals surface area contributed by atoms with Crippen LogP contribution >= 0.6 is 0 Å². The van der Waals surface area contributed by atoms with Gasteiger partial charge >= 0.3 is 17.9 Å². The van der Waals surface area contributed by atoms with E-state index in [9.17, 15) is 19.5 Å². The number of carboxylic acids is 1. The normalized spacial score (nSPS) is 13.0. The molecule has 2 atom stereocenters. The van der Waals surface area contributed by atoms with E-state index < -0.39 is 18.4 Å². The Morgan fingerprint density at radius 1 is 0.403 bits per heavy atom. The predicted molar refractivity (Wildman–Crippen MR) is 327 cm³/mol. The number of nitrogens with zero attached hydrogens (tertiary/aromatic N) is 1. The number of unbranched alkanes of at least 4 members (excludes halogenated alkanes) is 38. The molecule has 1 N–H and O–H groups in total. The first-order chi connectivity index (χ1) is 37.6. The Balaban J connectivity index is 4.12. The van der Waals surface area contributed by atoms with Crippen LogP contribution < -0.4 is 0 Å². The van der Waals surface area contributed by atoms with Crippen LogP contribution in [0.1, 0.15) is 309 Å². The molecule has 0 radical (unpaired) electrons. The minimum absolute atomic E-state index is 0.177. The number of aliphatic carboxylic acids is 1. The highest BCUT2D eigenvalue weighted by Gasteiger charge is 2.25. The smallest absolute Gasteiger partial charge is 0.361 e. The second-order valence-corrected chi connectivity index (χ2v) is 23.4. The van der Waals surface area contributed by atoms with Crippen LogP contribution in [0.2, 0.25) is 0 Å². The fraction of sp³-hybridized carbons (Fsp3) is 0.838. The van der Waals surface area contributed by atoms with Crippen LogP contribution in [-0.4, -0.2) is 87.4 Å². The van der Waals surface area contributed by atoms with Gasteiger partial charge in [-0.25, -0.2) is 4.79 Å². The molecule has 0 heterocycles. The first-order valence-electron chi connectivity index (χ1n) is 32.8. The molecule has 0 saturated carbocycles. The van der Waals surface area contributed by atoms with Gasteiger partial charge in [0, 0.05) is 12.8 Å². The fourth-order valence-corrected chi connectivity index (χ4v) is 9.60. The van der Waals surface area contributed by atoms with E-state index in [2.05, 4.69) is 62.5 Å². The topological polar surface area (TPSA) is 108 Å². The number of rotatable bonds is 61. The highest BCUT2D eigenvalue weighted by molar-refractivity contribution is 5.71. The second kappa shape index (κ2) is 59.4. The van der Waals surface area contributed by atoms with Crippen molar-refractivity contribution in [1.29, 1.82) is 0 Å². The van der Waals surface area contributed by atoms with Crippen LogP contribution in [0.5, 0.6) is 0 Å². The van der Waals surface area contributed by atoms with Gasteiger partial charge in [-0.15, -0.1) is 0 Å². The zero-order chi connectivity index (χ0) is 56.2. The van der Waals surface area contributed by atoms with E-state index in [1.807, 2.05) is 21.1 Å². The van der Waals surface area contributed by atoms with Gasteiger partial charge in [0.1, 0.15) is 13.2 Å². The minimum atomic E-state index is -1.51. The lowest BCUT2D eigenvalue weighted by Gasteiger charge is -2.25. The zero-order valence-electron chi connectivity index (χ0n) is 51.4. The minimum Gasteiger partial charge on any atom is -0.477 e. The number of hydrogen-bond donors (Lipinski definition) is 1. The Morgan fingerprint density at radius 3 is 1.10 bits per heavy atom. The van der Waals surface area contributed by atoms with Gasteiger partial charge in [0.2, 0.25) is 0 Å². The Kier molecular flexibility index (Phi) is 57.3. The van der Waals surface area contributed by atoms with Gasteiger partial charge in [-0.05, 0) is 51.4 Å². The zero-order valence-corrected chi connectivity index (χ0v) is 51.4. The van der Waals surface area contributed by atoms with Gasteiger partial charge < -0.3 is 28.5 Å². The van der Waals surface area contributed by atoms with Crippen LogP contribution in [-0.2, 0) is 33.3 Å². The molecule has 0 spiro atoms. The van der Waals surface area contributed by atoms with Gasteiger partial charge in [0.25, 0.3) is 6.29 Å². The van der Waals surface area contributed by atoms with E-state index in [1.54, 1.807) is 0 Å².